The van der Waals surface area contributed by atoms with Crippen molar-refractivity contribution in [2.45, 2.75) is 46.5 Å². The fourth-order valence-corrected chi connectivity index (χ4v) is 1.69. The largest absolute Gasteiger partial charge is 0.0654 e. The summed E-state index contributed by atoms with van der Waals surface area (Å²) in [6, 6.07) is 6.77. The minimum atomic E-state index is 1.25. The van der Waals surface area contributed by atoms with E-state index in [-0.39, 0.29) is 0 Å². The van der Waals surface area contributed by atoms with Crippen molar-refractivity contribution in [3.63, 3.8) is 0 Å². The maximum Gasteiger partial charge on any atom is -0.0276 e. The Labute approximate surface area is 82.0 Å². The Hall–Kier alpha value is -0.780. The number of rotatable bonds is 4. The zero-order valence-electron chi connectivity index (χ0n) is 9.06. The van der Waals surface area contributed by atoms with Gasteiger partial charge in [0.2, 0.25) is 0 Å². The van der Waals surface area contributed by atoms with Gasteiger partial charge in [-0.2, -0.15) is 0 Å². The molecule has 0 N–H and O–H groups in total. The summed E-state index contributed by atoms with van der Waals surface area (Å²) < 4.78 is 0. The van der Waals surface area contributed by atoms with Crippen LogP contribution in [0.25, 0.3) is 0 Å². The number of aryl methyl sites for hydroxylation is 3. The summed E-state index contributed by atoms with van der Waals surface area (Å²) in [5, 5.41) is 0. The second kappa shape index (κ2) is 5.06. The van der Waals surface area contributed by atoms with Crippen LogP contribution in [0.4, 0.5) is 0 Å². The van der Waals surface area contributed by atoms with E-state index in [9.17, 15) is 0 Å². The average molecular weight is 176 g/mol. The molecule has 0 spiro atoms. The Balaban J connectivity index is 2.56. The molecule has 0 saturated heterocycles. The van der Waals surface area contributed by atoms with E-state index in [2.05, 4.69) is 39.0 Å². The van der Waals surface area contributed by atoms with Crippen LogP contribution in [0.3, 0.4) is 0 Å². The molecule has 0 atom stereocenters. The van der Waals surface area contributed by atoms with Gasteiger partial charge in [-0.25, -0.2) is 0 Å². The van der Waals surface area contributed by atoms with Crippen molar-refractivity contribution in [3.8, 4) is 0 Å². The van der Waals surface area contributed by atoms with Gasteiger partial charge in [0.25, 0.3) is 0 Å². The molecule has 0 heteroatoms. The Bertz CT molecular complexity index is 261. The summed E-state index contributed by atoms with van der Waals surface area (Å²) in [6.45, 7) is 6.62. The Morgan fingerprint density at radius 1 is 1.08 bits per heavy atom. The third kappa shape index (κ3) is 3.22. The molecule has 0 radical (unpaired) electrons. The first kappa shape index (κ1) is 10.3. The van der Waals surface area contributed by atoms with Crippen molar-refractivity contribution in [1.29, 1.82) is 0 Å². The Morgan fingerprint density at radius 2 is 1.85 bits per heavy atom. The minimum absolute atomic E-state index is 1.25. The molecule has 1 aromatic rings. The van der Waals surface area contributed by atoms with E-state index < -0.39 is 0 Å². The SMILES string of the molecule is CCCCCc1ccc(C)cc1C. The van der Waals surface area contributed by atoms with E-state index in [0.29, 0.717) is 0 Å². The molecule has 0 unspecified atom stereocenters. The monoisotopic (exact) mass is 176 g/mol. The van der Waals surface area contributed by atoms with Crippen LogP contribution in [0.1, 0.15) is 42.9 Å². The van der Waals surface area contributed by atoms with Crippen molar-refractivity contribution < 1.29 is 0 Å². The van der Waals surface area contributed by atoms with Crippen LogP contribution in [0.2, 0.25) is 0 Å². The van der Waals surface area contributed by atoms with Gasteiger partial charge in [-0.05, 0) is 37.8 Å². The number of hydrogen-bond acceptors (Lipinski definition) is 0. The summed E-state index contributed by atoms with van der Waals surface area (Å²) in [7, 11) is 0. The van der Waals surface area contributed by atoms with E-state index in [4.69, 9.17) is 0 Å². The summed E-state index contributed by atoms with van der Waals surface area (Å²) in [5.41, 5.74) is 4.35. The maximum absolute atomic E-state index is 2.28. The van der Waals surface area contributed by atoms with Crippen molar-refractivity contribution in [2.75, 3.05) is 0 Å². The molecule has 1 rings (SSSR count). The first-order valence-electron chi connectivity index (χ1n) is 5.30. The Kier molecular flexibility index (Phi) is 4.01. The lowest BCUT2D eigenvalue weighted by atomic mass is 10.0. The minimum Gasteiger partial charge on any atom is -0.0654 e. The smallest absolute Gasteiger partial charge is 0.0276 e. The van der Waals surface area contributed by atoms with Crippen molar-refractivity contribution >= 4 is 0 Å². The predicted octanol–water partition coefficient (Wildman–Crippen LogP) is 4.04. The van der Waals surface area contributed by atoms with Gasteiger partial charge in [-0.1, -0.05) is 43.5 Å². The normalized spacial score (nSPS) is 10.4. The standard InChI is InChI=1S/C13H20/c1-4-5-6-7-13-9-8-11(2)10-12(13)3/h8-10H,4-7H2,1-3H3. The van der Waals surface area contributed by atoms with E-state index >= 15 is 0 Å². The van der Waals surface area contributed by atoms with Crippen molar-refractivity contribution in [3.05, 3.63) is 34.9 Å². The van der Waals surface area contributed by atoms with E-state index in [0.717, 1.165) is 0 Å². The summed E-state index contributed by atoms with van der Waals surface area (Å²) in [5.74, 6) is 0. The molecule has 0 bridgehead atoms. The maximum atomic E-state index is 2.28. The van der Waals surface area contributed by atoms with Crippen molar-refractivity contribution in [2.24, 2.45) is 0 Å². The molecule has 0 amide bonds. The summed E-state index contributed by atoms with van der Waals surface area (Å²) >= 11 is 0. The third-order valence-corrected chi connectivity index (χ3v) is 2.55. The zero-order valence-corrected chi connectivity index (χ0v) is 9.06. The van der Waals surface area contributed by atoms with Crippen LogP contribution in [0, 0.1) is 13.8 Å². The van der Waals surface area contributed by atoms with Crippen LogP contribution >= 0.6 is 0 Å². The first-order chi connectivity index (χ1) is 6.24. The predicted molar refractivity (Wildman–Crippen MR) is 59.1 cm³/mol. The van der Waals surface area contributed by atoms with Gasteiger partial charge in [0.1, 0.15) is 0 Å². The molecule has 0 nitrogen and oxygen atoms in total. The van der Waals surface area contributed by atoms with Gasteiger partial charge in [0.05, 0.1) is 0 Å². The summed E-state index contributed by atoms with van der Waals surface area (Å²) in [4.78, 5) is 0. The highest BCUT2D eigenvalue weighted by molar-refractivity contribution is 5.30. The molecule has 0 heterocycles. The van der Waals surface area contributed by atoms with Crippen molar-refractivity contribution in [1.82, 2.24) is 0 Å². The molecule has 0 aliphatic heterocycles. The lowest BCUT2D eigenvalue weighted by Crippen LogP contribution is -1.90. The highest BCUT2D eigenvalue weighted by atomic mass is 14.0. The topological polar surface area (TPSA) is 0 Å². The van der Waals surface area contributed by atoms with E-state index in [1.807, 2.05) is 0 Å². The van der Waals surface area contributed by atoms with Gasteiger partial charge in [0, 0.05) is 0 Å². The Morgan fingerprint density at radius 3 is 2.46 bits per heavy atom. The second-order valence-corrected chi connectivity index (χ2v) is 3.89. The summed E-state index contributed by atoms with van der Waals surface area (Å²) in [6.07, 6.45) is 5.25. The molecule has 0 aliphatic carbocycles. The fourth-order valence-electron chi connectivity index (χ4n) is 1.69. The molecule has 1 aromatic carbocycles. The molecule has 0 aromatic heterocycles. The van der Waals surface area contributed by atoms with E-state index in [1.165, 1.54) is 42.4 Å². The highest BCUT2D eigenvalue weighted by Gasteiger charge is 1.97. The fraction of sp³-hybridized carbons (Fsp3) is 0.538. The quantitative estimate of drug-likeness (QED) is 0.607. The lowest BCUT2D eigenvalue weighted by molar-refractivity contribution is 0.715. The zero-order chi connectivity index (χ0) is 9.68. The molecule has 13 heavy (non-hydrogen) atoms. The number of unbranched alkanes of at least 4 members (excludes halogenated alkanes) is 2. The van der Waals surface area contributed by atoms with Crippen LogP contribution in [-0.2, 0) is 6.42 Å². The number of benzene rings is 1. The second-order valence-electron chi connectivity index (χ2n) is 3.89. The first-order valence-corrected chi connectivity index (χ1v) is 5.30. The molecule has 72 valence electrons. The van der Waals surface area contributed by atoms with Crippen LogP contribution in [0.15, 0.2) is 18.2 Å². The lowest BCUT2D eigenvalue weighted by Gasteiger charge is -2.05. The van der Waals surface area contributed by atoms with Gasteiger partial charge < -0.3 is 0 Å². The van der Waals surface area contributed by atoms with Crippen LogP contribution in [0.5, 0.6) is 0 Å². The average Bonchev–Trinajstić information content (AvgIpc) is 2.09. The van der Waals surface area contributed by atoms with Gasteiger partial charge in [0.15, 0.2) is 0 Å². The van der Waals surface area contributed by atoms with Gasteiger partial charge >= 0.3 is 0 Å². The molecule has 0 saturated carbocycles. The molecule has 0 fully saturated rings. The van der Waals surface area contributed by atoms with Gasteiger partial charge in [-0.3, -0.25) is 0 Å². The number of hydrogen-bond donors (Lipinski definition) is 0. The van der Waals surface area contributed by atoms with E-state index in [1.54, 1.807) is 0 Å². The van der Waals surface area contributed by atoms with Gasteiger partial charge in [-0.15, -0.1) is 0 Å². The van der Waals surface area contributed by atoms with Crippen LogP contribution < -0.4 is 0 Å². The highest BCUT2D eigenvalue weighted by Crippen LogP contribution is 2.13. The molecular formula is C13H20. The van der Waals surface area contributed by atoms with Crippen LogP contribution in [-0.4, -0.2) is 0 Å². The molecular weight excluding hydrogens is 156 g/mol. The molecule has 0 aliphatic rings. The third-order valence-electron chi connectivity index (χ3n) is 2.55.